The molecular formula is C28H38N4O3. The van der Waals surface area contributed by atoms with Crippen molar-refractivity contribution in [2.24, 2.45) is 5.10 Å². The fourth-order valence-electron chi connectivity index (χ4n) is 4.64. The Balaban J connectivity index is 1.33. The summed E-state index contributed by atoms with van der Waals surface area (Å²) in [7, 11) is 0. The number of hydrogen-bond donors (Lipinski definition) is 2. The standard InChI is InChI=1S/C28H38N4O3/c1-22-7-5-8-23(17-22)21-29-31-25-18-26(32-12-15-34-16-13-32)20-27(19-25)35-14-6-11-28(33)30-24-9-3-2-4-10-24/h5,7-8,17-21,24,31H,2-4,6,9-16H2,1H3,(H,30,33)/b29-21+. The number of aryl methyl sites for hydroxylation is 1. The van der Waals surface area contributed by atoms with Crippen molar-refractivity contribution in [3.63, 3.8) is 0 Å². The molecule has 2 aromatic rings. The third kappa shape index (κ3) is 8.28. The third-order valence-corrected chi connectivity index (χ3v) is 6.50. The molecule has 1 amide bonds. The van der Waals surface area contributed by atoms with Crippen LogP contribution in [0.5, 0.6) is 5.75 Å². The smallest absolute Gasteiger partial charge is 0.220 e. The van der Waals surface area contributed by atoms with Gasteiger partial charge in [0.05, 0.1) is 31.7 Å². The Morgan fingerprint density at radius 1 is 1.14 bits per heavy atom. The predicted molar refractivity (Wildman–Crippen MR) is 142 cm³/mol. The monoisotopic (exact) mass is 478 g/mol. The van der Waals surface area contributed by atoms with Gasteiger partial charge in [-0.3, -0.25) is 10.2 Å². The fourth-order valence-corrected chi connectivity index (χ4v) is 4.64. The number of hydrazone groups is 1. The summed E-state index contributed by atoms with van der Waals surface area (Å²) in [5.41, 5.74) is 7.34. The van der Waals surface area contributed by atoms with E-state index in [0.29, 0.717) is 25.5 Å². The number of nitrogens with zero attached hydrogens (tertiary/aromatic N) is 2. The van der Waals surface area contributed by atoms with Gasteiger partial charge in [-0.05, 0) is 37.8 Å². The minimum atomic E-state index is 0.135. The van der Waals surface area contributed by atoms with E-state index >= 15 is 0 Å². The summed E-state index contributed by atoms with van der Waals surface area (Å²) in [6.07, 6.45) is 8.95. The Labute approximate surface area is 208 Å². The van der Waals surface area contributed by atoms with Gasteiger partial charge in [0, 0.05) is 43.4 Å². The van der Waals surface area contributed by atoms with Crippen LogP contribution in [0.2, 0.25) is 0 Å². The lowest BCUT2D eigenvalue weighted by Gasteiger charge is -2.29. The highest BCUT2D eigenvalue weighted by Gasteiger charge is 2.16. The summed E-state index contributed by atoms with van der Waals surface area (Å²) in [6.45, 7) is 5.69. The van der Waals surface area contributed by atoms with Gasteiger partial charge in [0.2, 0.25) is 5.91 Å². The Morgan fingerprint density at radius 3 is 2.77 bits per heavy atom. The lowest BCUT2D eigenvalue weighted by molar-refractivity contribution is -0.122. The molecular weight excluding hydrogens is 440 g/mol. The Bertz CT molecular complexity index is 982. The van der Waals surface area contributed by atoms with E-state index in [1.54, 1.807) is 0 Å². The maximum Gasteiger partial charge on any atom is 0.220 e. The molecule has 2 N–H and O–H groups in total. The summed E-state index contributed by atoms with van der Waals surface area (Å²) >= 11 is 0. The number of ether oxygens (including phenoxy) is 2. The molecule has 188 valence electrons. The third-order valence-electron chi connectivity index (χ3n) is 6.50. The van der Waals surface area contributed by atoms with Crippen LogP contribution in [0.15, 0.2) is 47.6 Å². The molecule has 2 aliphatic rings. The number of hydrogen-bond acceptors (Lipinski definition) is 6. The first kappa shape index (κ1) is 25.0. The highest BCUT2D eigenvalue weighted by molar-refractivity contribution is 5.80. The van der Waals surface area contributed by atoms with Crippen LogP contribution in [-0.4, -0.2) is 51.1 Å². The Morgan fingerprint density at radius 2 is 1.97 bits per heavy atom. The number of carbonyl (C=O) groups is 1. The molecule has 2 aromatic carbocycles. The Kier molecular flexibility index (Phi) is 9.40. The van der Waals surface area contributed by atoms with Crippen LogP contribution in [0.4, 0.5) is 11.4 Å². The molecule has 7 heteroatoms. The van der Waals surface area contributed by atoms with E-state index in [1.807, 2.05) is 24.4 Å². The number of carbonyl (C=O) groups excluding carboxylic acids is 1. The second-order valence-corrected chi connectivity index (χ2v) is 9.45. The van der Waals surface area contributed by atoms with Gasteiger partial charge < -0.3 is 19.7 Å². The molecule has 35 heavy (non-hydrogen) atoms. The first-order valence-corrected chi connectivity index (χ1v) is 12.9. The summed E-state index contributed by atoms with van der Waals surface area (Å²) in [5.74, 6) is 0.908. The zero-order valence-corrected chi connectivity index (χ0v) is 20.8. The first-order chi connectivity index (χ1) is 17.2. The number of amides is 1. The van der Waals surface area contributed by atoms with Gasteiger partial charge in [-0.2, -0.15) is 5.10 Å². The number of morpholine rings is 1. The van der Waals surface area contributed by atoms with Crippen molar-refractivity contribution in [1.82, 2.24) is 5.32 Å². The van der Waals surface area contributed by atoms with E-state index in [0.717, 1.165) is 61.8 Å². The van der Waals surface area contributed by atoms with E-state index in [4.69, 9.17) is 9.47 Å². The molecule has 0 radical (unpaired) electrons. The first-order valence-electron chi connectivity index (χ1n) is 12.9. The van der Waals surface area contributed by atoms with E-state index in [1.165, 1.54) is 24.8 Å². The molecule has 1 aliphatic carbocycles. The van der Waals surface area contributed by atoms with E-state index in [-0.39, 0.29) is 5.91 Å². The van der Waals surface area contributed by atoms with Crippen molar-refractivity contribution in [2.75, 3.05) is 43.2 Å². The van der Waals surface area contributed by atoms with Crippen molar-refractivity contribution in [3.8, 4) is 5.75 Å². The van der Waals surface area contributed by atoms with Gasteiger partial charge in [-0.15, -0.1) is 0 Å². The van der Waals surface area contributed by atoms with Crippen LogP contribution in [-0.2, 0) is 9.53 Å². The van der Waals surface area contributed by atoms with Crippen molar-refractivity contribution >= 4 is 23.5 Å². The SMILES string of the molecule is Cc1cccc(/C=N/Nc2cc(OCCCC(=O)NC3CCCCC3)cc(N3CCOCC3)c2)c1. The quantitative estimate of drug-likeness (QED) is 0.289. The van der Waals surface area contributed by atoms with E-state index in [9.17, 15) is 4.79 Å². The molecule has 0 bridgehead atoms. The zero-order valence-electron chi connectivity index (χ0n) is 20.8. The number of nitrogens with one attached hydrogen (secondary N) is 2. The summed E-state index contributed by atoms with van der Waals surface area (Å²) < 4.78 is 11.6. The minimum absolute atomic E-state index is 0.135. The molecule has 0 aromatic heterocycles. The predicted octanol–water partition coefficient (Wildman–Crippen LogP) is 4.89. The molecule has 1 aliphatic heterocycles. The van der Waals surface area contributed by atoms with Crippen LogP contribution in [0.25, 0.3) is 0 Å². The van der Waals surface area contributed by atoms with Crippen molar-refractivity contribution in [3.05, 3.63) is 53.6 Å². The van der Waals surface area contributed by atoms with Gasteiger partial charge in [-0.1, -0.05) is 49.1 Å². The maximum atomic E-state index is 12.3. The normalized spacial score (nSPS) is 16.9. The molecule has 0 spiro atoms. The van der Waals surface area contributed by atoms with Gasteiger partial charge >= 0.3 is 0 Å². The molecule has 0 unspecified atom stereocenters. The van der Waals surface area contributed by atoms with Crippen LogP contribution in [0, 0.1) is 6.92 Å². The van der Waals surface area contributed by atoms with Crippen molar-refractivity contribution < 1.29 is 14.3 Å². The molecule has 2 fully saturated rings. The van der Waals surface area contributed by atoms with Crippen LogP contribution in [0.1, 0.15) is 56.1 Å². The van der Waals surface area contributed by atoms with Crippen molar-refractivity contribution in [2.45, 2.75) is 57.9 Å². The largest absolute Gasteiger partial charge is 0.493 e. The lowest BCUT2D eigenvalue weighted by atomic mass is 9.95. The zero-order chi connectivity index (χ0) is 24.3. The van der Waals surface area contributed by atoms with Crippen molar-refractivity contribution in [1.29, 1.82) is 0 Å². The molecule has 1 saturated heterocycles. The average Bonchev–Trinajstić information content (AvgIpc) is 2.88. The summed E-state index contributed by atoms with van der Waals surface area (Å²) in [6, 6.07) is 14.7. The second-order valence-electron chi connectivity index (χ2n) is 9.45. The molecule has 1 saturated carbocycles. The maximum absolute atomic E-state index is 12.3. The second kappa shape index (κ2) is 13.1. The summed E-state index contributed by atoms with van der Waals surface area (Å²) in [5, 5.41) is 7.61. The van der Waals surface area contributed by atoms with Gasteiger partial charge in [0.25, 0.3) is 0 Å². The van der Waals surface area contributed by atoms with Gasteiger partial charge in [0.1, 0.15) is 5.75 Å². The lowest BCUT2D eigenvalue weighted by Crippen LogP contribution is -2.36. The number of anilines is 2. The molecule has 0 atom stereocenters. The van der Waals surface area contributed by atoms with Crippen LogP contribution < -0.4 is 20.4 Å². The highest BCUT2D eigenvalue weighted by Crippen LogP contribution is 2.28. The topological polar surface area (TPSA) is 75.2 Å². The highest BCUT2D eigenvalue weighted by atomic mass is 16.5. The van der Waals surface area contributed by atoms with Crippen LogP contribution in [0.3, 0.4) is 0 Å². The Hall–Kier alpha value is -3.06. The van der Waals surface area contributed by atoms with E-state index in [2.05, 4.69) is 51.9 Å². The molecule has 4 rings (SSSR count). The number of benzene rings is 2. The molecule has 7 nitrogen and oxygen atoms in total. The summed E-state index contributed by atoms with van der Waals surface area (Å²) in [4.78, 5) is 14.6. The van der Waals surface area contributed by atoms with E-state index < -0.39 is 0 Å². The minimum Gasteiger partial charge on any atom is -0.493 e. The average molecular weight is 479 g/mol. The van der Waals surface area contributed by atoms with Gasteiger partial charge in [0.15, 0.2) is 0 Å². The fraction of sp³-hybridized carbons (Fsp3) is 0.500. The number of rotatable bonds is 10. The van der Waals surface area contributed by atoms with Crippen LogP contribution >= 0.6 is 0 Å². The van der Waals surface area contributed by atoms with Gasteiger partial charge in [-0.25, -0.2) is 0 Å². The molecule has 1 heterocycles.